The van der Waals surface area contributed by atoms with Crippen LogP contribution in [0.1, 0.15) is 6.42 Å². The molecular weight excluding hydrogens is 380 g/mol. The average molecular weight is 386 g/mol. The third-order valence-corrected chi connectivity index (χ3v) is 2.40. The molecule has 0 heterocycles. The van der Waals surface area contributed by atoms with Crippen molar-refractivity contribution >= 4 is 63.7 Å². The largest absolute Gasteiger partial charge is 0.0928 e. The minimum atomic E-state index is 0.450. The second-order valence-electron chi connectivity index (χ2n) is 1.45. The number of halogens is 4. The Hall–Kier alpha value is 1.66. The summed E-state index contributed by atoms with van der Waals surface area (Å²) in [5.74, 6) is 0. The highest BCUT2D eigenvalue weighted by Gasteiger charge is 1.97. The molecule has 0 saturated heterocycles. The molecule has 0 aliphatic carbocycles. The van der Waals surface area contributed by atoms with Crippen molar-refractivity contribution in [1.29, 1.82) is 0 Å². The molecule has 0 fully saturated rings. The monoisotopic (exact) mass is 382 g/mol. The van der Waals surface area contributed by atoms with E-state index in [-0.39, 0.29) is 0 Å². The molecule has 0 rings (SSSR count). The van der Waals surface area contributed by atoms with Crippen LogP contribution in [0, 0.1) is 0 Å². The van der Waals surface area contributed by atoms with Crippen molar-refractivity contribution in [1.82, 2.24) is 0 Å². The van der Waals surface area contributed by atoms with Gasteiger partial charge in [-0.15, -0.1) is 0 Å². The maximum atomic E-state index is 3.47. The van der Waals surface area contributed by atoms with Gasteiger partial charge in [0.1, 0.15) is 0 Å². The van der Waals surface area contributed by atoms with Gasteiger partial charge in [-0.05, 0) is 44.4 Å². The van der Waals surface area contributed by atoms with E-state index in [0.29, 0.717) is 4.83 Å². The van der Waals surface area contributed by atoms with Crippen LogP contribution in [0.25, 0.3) is 0 Å². The Labute approximate surface area is 89.0 Å². The molecule has 0 aromatic rings. The predicted octanol–water partition coefficient (Wildman–Crippen LogP) is 4.17. The summed E-state index contributed by atoms with van der Waals surface area (Å²) in [4.78, 5) is 0.450. The number of rotatable bonds is 3. The van der Waals surface area contributed by atoms with Crippen LogP contribution in [0.5, 0.6) is 0 Å². The number of hydrogen-bond acceptors (Lipinski definition) is 0. The fraction of sp³-hybridized carbons (Fsp3) is 0.600. The Bertz CT molecular complexity index is 95.1. The van der Waals surface area contributed by atoms with Crippen molar-refractivity contribution in [2.75, 3.05) is 5.33 Å². The summed E-state index contributed by atoms with van der Waals surface area (Å²) in [6.45, 7) is 0. The van der Waals surface area contributed by atoms with E-state index < -0.39 is 0 Å². The molecule has 0 spiro atoms. The van der Waals surface area contributed by atoms with E-state index in [1.165, 1.54) is 0 Å². The highest BCUT2D eigenvalue weighted by Crippen LogP contribution is 2.18. The van der Waals surface area contributed by atoms with Crippen LogP contribution < -0.4 is 0 Å². The molecule has 0 bridgehead atoms. The summed E-state index contributed by atoms with van der Waals surface area (Å²) in [5.41, 5.74) is 0. The second kappa shape index (κ2) is 6.38. The van der Waals surface area contributed by atoms with Crippen molar-refractivity contribution in [2.24, 2.45) is 0 Å². The molecule has 0 radical (unpaired) electrons. The van der Waals surface area contributed by atoms with Crippen molar-refractivity contribution < 1.29 is 0 Å². The van der Waals surface area contributed by atoms with Crippen LogP contribution in [-0.2, 0) is 0 Å². The molecule has 0 aliphatic rings. The molecular formula is C5H6Br4. The fourth-order valence-electron chi connectivity index (χ4n) is 0.324. The average Bonchev–Trinajstić information content (AvgIpc) is 1.63. The highest BCUT2D eigenvalue weighted by molar-refractivity contribution is 9.28. The van der Waals surface area contributed by atoms with Gasteiger partial charge in [0.15, 0.2) is 0 Å². The van der Waals surface area contributed by atoms with Crippen LogP contribution in [0.2, 0.25) is 0 Å². The third-order valence-electron chi connectivity index (χ3n) is 0.692. The smallest absolute Gasteiger partial charge is 0.0575 e. The Morgan fingerprint density at radius 2 is 2.00 bits per heavy atom. The van der Waals surface area contributed by atoms with Gasteiger partial charge in [-0.2, -0.15) is 0 Å². The lowest BCUT2D eigenvalue weighted by atomic mass is 10.3. The maximum absolute atomic E-state index is 3.47. The Kier molecular flexibility index (Phi) is 7.55. The molecule has 0 aliphatic heterocycles. The van der Waals surface area contributed by atoms with Gasteiger partial charge < -0.3 is 0 Å². The lowest BCUT2D eigenvalue weighted by Crippen LogP contribution is -1.91. The SMILES string of the molecule is BrCCC(Br)C=C(Br)Br. The Morgan fingerprint density at radius 3 is 2.33 bits per heavy atom. The molecule has 0 aromatic heterocycles. The zero-order chi connectivity index (χ0) is 7.28. The molecule has 54 valence electrons. The first kappa shape index (κ1) is 10.7. The molecule has 9 heavy (non-hydrogen) atoms. The molecule has 0 saturated carbocycles. The highest BCUT2D eigenvalue weighted by atomic mass is 79.9. The zero-order valence-corrected chi connectivity index (χ0v) is 10.9. The molecule has 4 heteroatoms. The van der Waals surface area contributed by atoms with Gasteiger partial charge in [0, 0.05) is 10.2 Å². The Balaban J connectivity index is 3.49. The molecule has 1 unspecified atom stereocenters. The van der Waals surface area contributed by atoms with E-state index in [0.717, 1.165) is 15.1 Å². The van der Waals surface area contributed by atoms with Crippen LogP contribution in [0.4, 0.5) is 0 Å². The van der Waals surface area contributed by atoms with Crippen LogP contribution in [0.15, 0.2) is 9.47 Å². The van der Waals surface area contributed by atoms with Gasteiger partial charge in [0.05, 0.1) is 3.39 Å². The first-order valence-electron chi connectivity index (χ1n) is 2.39. The molecule has 0 nitrogen and oxygen atoms in total. The van der Waals surface area contributed by atoms with Gasteiger partial charge in [-0.25, -0.2) is 0 Å². The summed E-state index contributed by atoms with van der Waals surface area (Å²) in [6.07, 6.45) is 3.15. The number of allylic oxidation sites excluding steroid dienone is 1. The van der Waals surface area contributed by atoms with E-state index in [9.17, 15) is 0 Å². The summed E-state index contributed by atoms with van der Waals surface area (Å²) in [7, 11) is 0. The van der Waals surface area contributed by atoms with Crippen molar-refractivity contribution in [2.45, 2.75) is 11.2 Å². The van der Waals surface area contributed by atoms with Crippen molar-refractivity contribution in [3.05, 3.63) is 9.47 Å². The van der Waals surface area contributed by atoms with E-state index >= 15 is 0 Å². The summed E-state index contributed by atoms with van der Waals surface area (Å²) >= 11 is 13.4. The lowest BCUT2D eigenvalue weighted by molar-refractivity contribution is 1.01. The van der Waals surface area contributed by atoms with Gasteiger partial charge in [0.25, 0.3) is 0 Å². The number of alkyl halides is 2. The van der Waals surface area contributed by atoms with Crippen molar-refractivity contribution in [3.63, 3.8) is 0 Å². The number of hydrogen-bond donors (Lipinski definition) is 0. The van der Waals surface area contributed by atoms with Crippen molar-refractivity contribution in [3.8, 4) is 0 Å². The molecule has 0 N–H and O–H groups in total. The first-order valence-corrected chi connectivity index (χ1v) is 6.02. The van der Waals surface area contributed by atoms with E-state index in [4.69, 9.17) is 0 Å². The first-order chi connectivity index (χ1) is 4.16. The predicted molar refractivity (Wildman–Crippen MR) is 57.1 cm³/mol. The van der Waals surface area contributed by atoms with Gasteiger partial charge >= 0.3 is 0 Å². The van der Waals surface area contributed by atoms with Gasteiger partial charge in [-0.3, -0.25) is 0 Å². The summed E-state index contributed by atoms with van der Waals surface area (Å²) in [5, 5.41) is 1.02. The van der Waals surface area contributed by atoms with Crippen LogP contribution >= 0.6 is 63.7 Å². The van der Waals surface area contributed by atoms with E-state index in [2.05, 4.69) is 69.8 Å². The standard InChI is InChI=1S/C5H6Br4/c6-2-1-4(7)3-5(8)9/h3-4H,1-2H2. The van der Waals surface area contributed by atoms with Crippen LogP contribution in [-0.4, -0.2) is 10.2 Å². The maximum Gasteiger partial charge on any atom is 0.0575 e. The summed E-state index contributed by atoms with van der Waals surface area (Å²) in [6, 6.07) is 0. The third kappa shape index (κ3) is 7.56. The minimum Gasteiger partial charge on any atom is -0.0928 e. The van der Waals surface area contributed by atoms with Gasteiger partial charge in [0.2, 0.25) is 0 Å². The van der Waals surface area contributed by atoms with Crippen LogP contribution in [0.3, 0.4) is 0 Å². The summed E-state index contributed by atoms with van der Waals surface area (Å²) < 4.78 is 0.998. The quantitative estimate of drug-likeness (QED) is 0.640. The zero-order valence-electron chi connectivity index (χ0n) is 4.58. The van der Waals surface area contributed by atoms with E-state index in [1.807, 2.05) is 0 Å². The molecule has 1 atom stereocenters. The minimum absolute atomic E-state index is 0.450. The molecule has 0 amide bonds. The molecule has 0 aromatic carbocycles. The Morgan fingerprint density at radius 1 is 1.44 bits per heavy atom. The lowest BCUT2D eigenvalue weighted by Gasteiger charge is -1.98. The normalized spacial score (nSPS) is 12.9. The van der Waals surface area contributed by atoms with Gasteiger partial charge in [-0.1, -0.05) is 31.9 Å². The topological polar surface area (TPSA) is 0 Å². The second-order valence-corrected chi connectivity index (χ2v) is 6.19. The van der Waals surface area contributed by atoms with E-state index in [1.54, 1.807) is 0 Å². The fourth-order valence-corrected chi connectivity index (χ4v) is 3.27.